The van der Waals surface area contributed by atoms with Crippen LogP contribution in [0.15, 0.2) is 48.7 Å². The number of amides is 1. The van der Waals surface area contributed by atoms with Gasteiger partial charge in [0, 0.05) is 31.9 Å². The van der Waals surface area contributed by atoms with Gasteiger partial charge in [-0.05, 0) is 75.0 Å². The second kappa shape index (κ2) is 13.6. The molecule has 1 saturated heterocycles. The average molecular weight is 464 g/mol. The molecule has 0 radical (unpaired) electrons. The highest BCUT2D eigenvalue weighted by Gasteiger charge is 2.30. The fourth-order valence-corrected chi connectivity index (χ4v) is 5.15. The molecule has 6 nitrogen and oxygen atoms in total. The van der Waals surface area contributed by atoms with Gasteiger partial charge in [-0.2, -0.15) is 0 Å². The van der Waals surface area contributed by atoms with Crippen LogP contribution in [-0.4, -0.2) is 47.5 Å². The second-order valence-corrected chi connectivity index (χ2v) is 9.80. The number of likely N-dealkylation sites (tertiary alicyclic amines) is 1. The molecule has 0 spiro atoms. The van der Waals surface area contributed by atoms with Gasteiger partial charge in [-0.15, -0.1) is 0 Å². The Morgan fingerprint density at radius 3 is 2.47 bits per heavy atom. The Labute approximate surface area is 204 Å². The molecule has 2 aliphatic rings. The van der Waals surface area contributed by atoms with Crippen LogP contribution in [0, 0.1) is 0 Å². The van der Waals surface area contributed by atoms with Crippen molar-refractivity contribution >= 4 is 5.91 Å². The summed E-state index contributed by atoms with van der Waals surface area (Å²) in [7, 11) is 0. The van der Waals surface area contributed by atoms with Gasteiger partial charge in [-0.1, -0.05) is 49.6 Å². The Hall–Kier alpha value is -2.28. The number of hydrogen-bond acceptors (Lipinski definition) is 5. The van der Waals surface area contributed by atoms with E-state index in [-0.39, 0.29) is 11.9 Å². The normalized spacial score (nSPS) is 19.4. The molecule has 2 heterocycles. The zero-order valence-corrected chi connectivity index (χ0v) is 20.5. The Bertz CT molecular complexity index is 851. The smallest absolute Gasteiger partial charge is 0.237 e. The molecule has 1 amide bonds. The molecule has 1 aliphatic heterocycles. The first-order chi connectivity index (χ1) is 16.8. The fraction of sp³-hybridized carbons (Fsp3) is 0.571. The predicted molar refractivity (Wildman–Crippen MR) is 137 cm³/mol. The van der Waals surface area contributed by atoms with Crippen molar-refractivity contribution in [2.45, 2.75) is 83.1 Å². The molecule has 1 aliphatic carbocycles. The van der Waals surface area contributed by atoms with E-state index in [1.165, 1.54) is 44.1 Å². The highest BCUT2D eigenvalue weighted by molar-refractivity contribution is 5.82. The number of carbonyl (C=O) groups excluding carboxylic acids is 1. The summed E-state index contributed by atoms with van der Waals surface area (Å²) in [6.07, 6.45) is 11.9. The molecule has 2 aromatic rings. The summed E-state index contributed by atoms with van der Waals surface area (Å²) in [5, 5.41) is 10.4. The van der Waals surface area contributed by atoms with E-state index in [2.05, 4.69) is 50.1 Å². The SMILES string of the molecule is O=C(NCc1ccc(CNCCCNC2CCCCC2)cc1)[C@@H]1CCCN1Cc1ccccn1. The van der Waals surface area contributed by atoms with Crippen LogP contribution in [-0.2, 0) is 24.4 Å². The van der Waals surface area contributed by atoms with Gasteiger partial charge in [0.2, 0.25) is 5.91 Å². The number of pyridine rings is 1. The molecule has 3 N–H and O–H groups in total. The summed E-state index contributed by atoms with van der Waals surface area (Å²) in [6, 6.07) is 15.2. The summed E-state index contributed by atoms with van der Waals surface area (Å²) in [4.78, 5) is 19.5. The van der Waals surface area contributed by atoms with Crippen molar-refractivity contribution in [1.82, 2.24) is 25.8 Å². The van der Waals surface area contributed by atoms with Crippen LogP contribution < -0.4 is 16.0 Å². The van der Waals surface area contributed by atoms with E-state index in [1.54, 1.807) is 0 Å². The number of nitrogens with one attached hydrogen (secondary N) is 3. The van der Waals surface area contributed by atoms with Crippen LogP contribution in [0.25, 0.3) is 0 Å². The molecule has 1 aromatic carbocycles. The fourth-order valence-electron chi connectivity index (χ4n) is 5.15. The first-order valence-corrected chi connectivity index (χ1v) is 13.2. The Balaban J connectivity index is 1.11. The number of nitrogens with zero attached hydrogens (tertiary/aromatic N) is 2. The van der Waals surface area contributed by atoms with Gasteiger partial charge in [0.1, 0.15) is 0 Å². The first-order valence-electron chi connectivity index (χ1n) is 13.2. The zero-order valence-electron chi connectivity index (χ0n) is 20.5. The van der Waals surface area contributed by atoms with Crippen molar-refractivity contribution in [3.8, 4) is 0 Å². The maximum absolute atomic E-state index is 12.8. The molecule has 34 heavy (non-hydrogen) atoms. The predicted octanol–water partition coefficient (Wildman–Crippen LogP) is 3.76. The molecule has 1 saturated carbocycles. The molecule has 1 atom stereocenters. The van der Waals surface area contributed by atoms with Crippen molar-refractivity contribution in [2.24, 2.45) is 0 Å². The molecule has 0 unspecified atom stereocenters. The summed E-state index contributed by atoms with van der Waals surface area (Å²) < 4.78 is 0. The van der Waals surface area contributed by atoms with Crippen LogP contribution >= 0.6 is 0 Å². The molecule has 2 fully saturated rings. The topological polar surface area (TPSA) is 69.3 Å². The monoisotopic (exact) mass is 463 g/mol. The Morgan fingerprint density at radius 2 is 1.71 bits per heavy atom. The summed E-state index contributed by atoms with van der Waals surface area (Å²) >= 11 is 0. The highest BCUT2D eigenvalue weighted by Crippen LogP contribution is 2.20. The van der Waals surface area contributed by atoms with Gasteiger partial charge in [0.05, 0.1) is 11.7 Å². The van der Waals surface area contributed by atoms with Crippen LogP contribution in [0.2, 0.25) is 0 Å². The molecule has 4 rings (SSSR count). The van der Waals surface area contributed by atoms with Gasteiger partial charge in [0.25, 0.3) is 0 Å². The van der Waals surface area contributed by atoms with Crippen LogP contribution in [0.4, 0.5) is 0 Å². The number of carbonyl (C=O) groups is 1. The molecular formula is C28H41N5O. The highest BCUT2D eigenvalue weighted by atomic mass is 16.2. The first kappa shape index (κ1) is 24.8. The Kier molecular flexibility index (Phi) is 9.91. The zero-order chi connectivity index (χ0) is 23.4. The van der Waals surface area contributed by atoms with E-state index < -0.39 is 0 Å². The van der Waals surface area contributed by atoms with Gasteiger partial charge in [-0.25, -0.2) is 0 Å². The summed E-state index contributed by atoms with van der Waals surface area (Å²) in [5.74, 6) is 0.126. The van der Waals surface area contributed by atoms with E-state index >= 15 is 0 Å². The standard InChI is InChI=1S/C28H41N5O/c34-28(27-11-6-19-33(27)22-26-10-4-5-17-31-26)32-21-24-14-12-23(13-15-24)20-29-16-7-18-30-25-8-2-1-3-9-25/h4-5,10,12-15,17,25,27,29-30H,1-3,6-9,11,16,18-22H2,(H,32,34)/t27-/m0/s1. The number of benzene rings is 1. The molecule has 1 aromatic heterocycles. The minimum atomic E-state index is -0.0573. The van der Waals surface area contributed by atoms with E-state index in [0.29, 0.717) is 6.54 Å². The largest absolute Gasteiger partial charge is 0.351 e. The van der Waals surface area contributed by atoms with E-state index in [4.69, 9.17) is 0 Å². The maximum atomic E-state index is 12.8. The van der Waals surface area contributed by atoms with Crippen LogP contribution in [0.3, 0.4) is 0 Å². The number of rotatable bonds is 12. The third kappa shape index (κ3) is 7.90. The van der Waals surface area contributed by atoms with E-state index in [1.807, 2.05) is 24.4 Å². The van der Waals surface area contributed by atoms with Gasteiger partial charge < -0.3 is 16.0 Å². The van der Waals surface area contributed by atoms with Gasteiger partial charge in [0.15, 0.2) is 0 Å². The van der Waals surface area contributed by atoms with Gasteiger partial charge >= 0.3 is 0 Å². The Morgan fingerprint density at radius 1 is 0.912 bits per heavy atom. The van der Waals surface area contributed by atoms with Crippen molar-refractivity contribution in [3.05, 3.63) is 65.5 Å². The van der Waals surface area contributed by atoms with Crippen LogP contribution in [0.5, 0.6) is 0 Å². The minimum absolute atomic E-state index is 0.0573. The lowest BCUT2D eigenvalue weighted by molar-refractivity contribution is -0.125. The lowest BCUT2D eigenvalue weighted by Crippen LogP contribution is -2.42. The second-order valence-electron chi connectivity index (χ2n) is 9.80. The number of aromatic nitrogens is 1. The van der Waals surface area contributed by atoms with Crippen molar-refractivity contribution in [2.75, 3.05) is 19.6 Å². The molecular weight excluding hydrogens is 422 g/mol. The average Bonchev–Trinajstić information content (AvgIpc) is 3.35. The van der Waals surface area contributed by atoms with Crippen molar-refractivity contribution in [3.63, 3.8) is 0 Å². The van der Waals surface area contributed by atoms with Gasteiger partial charge in [-0.3, -0.25) is 14.7 Å². The lowest BCUT2D eigenvalue weighted by Gasteiger charge is -2.23. The quantitative estimate of drug-likeness (QED) is 0.418. The summed E-state index contributed by atoms with van der Waals surface area (Å²) in [5.41, 5.74) is 3.45. The van der Waals surface area contributed by atoms with Crippen molar-refractivity contribution < 1.29 is 4.79 Å². The minimum Gasteiger partial charge on any atom is -0.351 e. The van der Waals surface area contributed by atoms with Crippen LogP contribution in [0.1, 0.15) is 68.2 Å². The molecule has 0 bridgehead atoms. The molecule has 184 valence electrons. The number of hydrogen-bond donors (Lipinski definition) is 3. The maximum Gasteiger partial charge on any atom is 0.237 e. The summed E-state index contributed by atoms with van der Waals surface area (Å²) in [6.45, 7) is 5.29. The third-order valence-electron chi connectivity index (χ3n) is 7.14. The lowest BCUT2D eigenvalue weighted by atomic mass is 9.95. The van der Waals surface area contributed by atoms with E-state index in [0.717, 1.165) is 62.9 Å². The van der Waals surface area contributed by atoms with E-state index in [9.17, 15) is 4.79 Å². The van der Waals surface area contributed by atoms with Crippen molar-refractivity contribution in [1.29, 1.82) is 0 Å². The molecule has 6 heteroatoms. The third-order valence-corrected chi connectivity index (χ3v) is 7.14.